The Bertz CT molecular complexity index is 435. The molecule has 1 aromatic rings. The normalized spacial score (nSPS) is 13.1. The summed E-state index contributed by atoms with van der Waals surface area (Å²) in [5.41, 5.74) is 1.47. The van der Waals surface area contributed by atoms with Gasteiger partial charge >= 0.3 is 0 Å². The fourth-order valence-corrected chi connectivity index (χ4v) is 1.97. The predicted molar refractivity (Wildman–Crippen MR) is 73.9 cm³/mol. The maximum absolute atomic E-state index is 12.1. The number of anilines is 1. The summed E-state index contributed by atoms with van der Waals surface area (Å²) < 4.78 is 10.8. The van der Waals surface area contributed by atoms with Crippen LogP contribution in [-0.4, -0.2) is 38.8 Å². The Balaban J connectivity index is 1.92. The first-order chi connectivity index (χ1) is 9.33. The molecular weight excluding hydrogens is 244 g/mol. The molecule has 1 aromatic carbocycles. The van der Waals surface area contributed by atoms with Gasteiger partial charge in [-0.2, -0.15) is 0 Å². The second-order valence-electron chi connectivity index (χ2n) is 4.26. The average Bonchev–Trinajstić information content (AvgIpc) is 2.46. The minimum atomic E-state index is -0.1000. The van der Waals surface area contributed by atoms with E-state index in [0.717, 1.165) is 18.7 Å². The summed E-state index contributed by atoms with van der Waals surface area (Å²) in [6.45, 7) is 5.30. The highest BCUT2D eigenvalue weighted by Crippen LogP contribution is 2.30. The van der Waals surface area contributed by atoms with Crippen molar-refractivity contribution in [3.05, 3.63) is 23.8 Å². The molecule has 2 rings (SSSR count). The number of amides is 1. The Hall–Kier alpha value is -1.75. The maximum Gasteiger partial charge on any atom is 0.255 e. The van der Waals surface area contributed by atoms with E-state index < -0.39 is 0 Å². The summed E-state index contributed by atoms with van der Waals surface area (Å²) in [5.74, 6) is 0.549. The lowest BCUT2D eigenvalue weighted by Crippen LogP contribution is -2.27. The van der Waals surface area contributed by atoms with Crippen molar-refractivity contribution in [3.8, 4) is 5.75 Å². The highest BCUT2D eigenvalue weighted by Gasteiger charge is 2.18. The van der Waals surface area contributed by atoms with Crippen LogP contribution in [0.4, 0.5) is 5.69 Å². The Morgan fingerprint density at radius 1 is 1.53 bits per heavy atom. The van der Waals surface area contributed by atoms with Gasteiger partial charge in [-0.1, -0.05) is 6.07 Å². The summed E-state index contributed by atoms with van der Waals surface area (Å²) >= 11 is 0. The Labute approximate surface area is 113 Å². The van der Waals surface area contributed by atoms with E-state index in [2.05, 4.69) is 10.6 Å². The second kappa shape index (κ2) is 6.99. The molecule has 0 saturated heterocycles. The number of rotatable bonds is 6. The van der Waals surface area contributed by atoms with E-state index in [1.807, 2.05) is 19.1 Å². The Kier molecular flexibility index (Phi) is 5.03. The van der Waals surface area contributed by atoms with Crippen LogP contribution in [-0.2, 0) is 4.74 Å². The molecule has 1 amide bonds. The van der Waals surface area contributed by atoms with Crippen LogP contribution in [0.3, 0.4) is 0 Å². The van der Waals surface area contributed by atoms with Crippen molar-refractivity contribution in [1.82, 2.24) is 5.32 Å². The highest BCUT2D eigenvalue weighted by molar-refractivity contribution is 5.98. The van der Waals surface area contributed by atoms with Crippen LogP contribution in [0.5, 0.6) is 5.75 Å². The summed E-state index contributed by atoms with van der Waals surface area (Å²) in [6, 6.07) is 5.56. The lowest BCUT2D eigenvalue weighted by atomic mass is 10.1. The van der Waals surface area contributed by atoms with Crippen LogP contribution < -0.4 is 15.4 Å². The smallest absolute Gasteiger partial charge is 0.255 e. The average molecular weight is 264 g/mol. The molecule has 0 bridgehead atoms. The molecule has 1 aliphatic rings. The van der Waals surface area contributed by atoms with Gasteiger partial charge in [0.2, 0.25) is 0 Å². The molecule has 0 fully saturated rings. The van der Waals surface area contributed by atoms with Crippen molar-refractivity contribution in [2.45, 2.75) is 13.3 Å². The molecular formula is C14H20N2O3. The van der Waals surface area contributed by atoms with Crippen LogP contribution in [0, 0.1) is 0 Å². The van der Waals surface area contributed by atoms with Crippen LogP contribution in [0.25, 0.3) is 0 Å². The third-order valence-electron chi connectivity index (χ3n) is 2.88. The van der Waals surface area contributed by atoms with E-state index in [0.29, 0.717) is 37.7 Å². The van der Waals surface area contributed by atoms with Gasteiger partial charge in [0, 0.05) is 26.3 Å². The van der Waals surface area contributed by atoms with Gasteiger partial charge in [0.1, 0.15) is 6.61 Å². The number of fused-ring (bicyclic) bond motifs is 1. The van der Waals surface area contributed by atoms with Crippen LogP contribution in [0.1, 0.15) is 23.7 Å². The number of ether oxygens (including phenoxy) is 2. The zero-order chi connectivity index (χ0) is 13.5. The first kappa shape index (κ1) is 13.7. The van der Waals surface area contributed by atoms with Crippen molar-refractivity contribution in [1.29, 1.82) is 0 Å². The molecule has 19 heavy (non-hydrogen) atoms. The zero-order valence-electron chi connectivity index (χ0n) is 11.2. The van der Waals surface area contributed by atoms with Gasteiger partial charge in [-0.15, -0.1) is 0 Å². The molecule has 1 heterocycles. The van der Waals surface area contributed by atoms with Gasteiger partial charge in [0.25, 0.3) is 5.91 Å². The summed E-state index contributed by atoms with van der Waals surface area (Å²) in [4.78, 5) is 12.1. The lowest BCUT2D eigenvalue weighted by Gasteiger charge is -2.21. The topological polar surface area (TPSA) is 59.6 Å². The molecule has 0 spiro atoms. The van der Waals surface area contributed by atoms with E-state index in [4.69, 9.17) is 9.47 Å². The largest absolute Gasteiger partial charge is 0.489 e. The first-order valence-corrected chi connectivity index (χ1v) is 6.68. The maximum atomic E-state index is 12.1. The number of carbonyl (C=O) groups is 1. The predicted octanol–water partition coefficient (Wildman–Crippen LogP) is 1.65. The van der Waals surface area contributed by atoms with Gasteiger partial charge in [0.05, 0.1) is 11.3 Å². The number of hydrogen-bond donors (Lipinski definition) is 2. The third kappa shape index (κ3) is 3.61. The SMILES string of the molecule is CCOCCCNC(=O)c1cccc2c1OCCN2. The lowest BCUT2D eigenvalue weighted by molar-refractivity contribution is 0.0940. The fraction of sp³-hybridized carbons (Fsp3) is 0.500. The van der Waals surface area contributed by atoms with Crippen molar-refractivity contribution in [2.75, 3.05) is 38.2 Å². The number of hydrogen-bond acceptors (Lipinski definition) is 4. The minimum absolute atomic E-state index is 0.1000. The molecule has 0 unspecified atom stereocenters. The monoisotopic (exact) mass is 264 g/mol. The van der Waals surface area contributed by atoms with Gasteiger partial charge in [0.15, 0.2) is 5.75 Å². The van der Waals surface area contributed by atoms with Crippen LogP contribution >= 0.6 is 0 Å². The van der Waals surface area contributed by atoms with E-state index in [-0.39, 0.29) is 5.91 Å². The molecule has 0 aliphatic carbocycles. The number of benzene rings is 1. The van der Waals surface area contributed by atoms with Crippen molar-refractivity contribution < 1.29 is 14.3 Å². The second-order valence-corrected chi connectivity index (χ2v) is 4.26. The summed E-state index contributed by atoms with van der Waals surface area (Å²) in [5, 5.41) is 6.10. The highest BCUT2D eigenvalue weighted by atomic mass is 16.5. The number of nitrogens with one attached hydrogen (secondary N) is 2. The van der Waals surface area contributed by atoms with Crippen molar-refractivity contribution in [2.24, 2.45) is 0 Å². The quantitative estimate of drug-likeness (QED) is 0.767. The number of carbonyl (C=O) groups excluding carboxylic acids is 1. The first-order valence-electron chi connectivity index (χ1n) is 6.68. The number of para-hydroxylation sites is 1. The van der Waals surface area contributed by atoms with Crippen molar-refractivity contribution in [3.63, 3.8) is 0 Å². The molecule has 1 aliphatic heterocycles. The fourth-order valence-electron chi connectivity index (χ4n) is 1.97. The Morgan fingerprint density at radius 3 is 3.26 bits per heavy atom. The van der Waals surface area contributed by atoms with E-state index in [9.17, 15) is 4.79 Å². The molecule has 2 N–H and O–H groups in total. The minimum Gasteiger partial charge on any atom is -0.489 e. The van der Waals surface area contributed by atoms with E-state index in [1.165, 1.54) is 0 Å². The molecule has 0 saturated carbocycles. The van der Waals surface area contributed by atoms with E-state index in [1.54, 1.807) is 6.07 Å². The van der Waals surface area contributed by atoms with E-state index >= 15 is 0 Å². The standard InChI is InChI=1S/C14H20N2O3/c1-2-18-9-4-7-16-14(17)11-5-3-6-12-13(11)19-10-8-15-12/h3,5-6,15H,2,4,7-10H2,1H3,(H,16,17). The van der Waals surface area contributed by atoms with Crippen molar-refractivity contribution >= 4 is 11.6 Å². The van der Waals surface area contributed by atoms with Gasteiger partial charge < -0.3 is 20.1 Å². The summed E-state index contributed by atoms with van der Waals surface area (Å²) in [6.07, 6.45) is 0.813. The molecule has 104 valence electrons. The van der Waals surface area contributed by atoms with Crippen LogP contribution in [0.2, 0.25) is 0 Å². The molecule has 0 aromatic heterocycles. The zero-order valence-corrected chi connectivity index (χ0v) is 11.2. The van der Waals surface area contributed by atoms with Gasteiger partial charge in [-0.25, -0.2) is 0 Å². The Morgan fingerprint density at radius 2 is 2.42 bits per heavy atom. The third-order valence-corrected chi connectivity index (χ3v) is 2.88. The molecule has 5 heteroatoms. The van der Waals surface area contributed by atoms with Crippen LogP contribution in [0.15, 0.2) is 18.2 Å². The molecule has 0 radical (unpaired) electrons. The van der Waals surface area contributed by atoms with Gasteiger partial charge in [-0.3, -0.25) is 4.79 Å². The summed E-state index contributed by atoms with van der Waals surface area (Å²) in [7, 11) is 0. The molecule has 5 nitrogen and oxygen atoms in total. The molecule has 0 atom stereocenters. The van der Waals surface area contributed by atoms with Gasteiger partial charge in [-0.05, 0) is 25.5 Å².